The van der Waals surface area contributed by atoms with Gasteiger partial charge in [-0.05, 0) is 72.5 Å². The Balaban J connectivity index is 1.80. The first kappa shape index (κ1) is 35.8. The molecule has 0 saturated carbocycles. The van der Waals surface area contributed by atoms with E-state index in [1.54, 1.807) is 60.7 Å². The summed E-state index contributed by atoms with van der Waals surface area (Å²) in [6, 6.07) is 27.8. The maximum Gasteiger partial charge on any atom is 0.264 e. The summed E-state index contributed by atoms with van der Waals surface area (Å²) in [7, 11) is -4.21. The fourth-order valence-electron chi connectivity index (χ4n) is 4.93. The van der Waals surface area contributed by atoms with Gasteiger partial charge in [-0.3, -0.25) is 13.9 Å². The Morgan fingerprint density at radius 3 is 2.06 bits per heavy atom. The van der Waals surface area contributed by atoms with Crippen molar-refractivity contribution in [2.75, 3.05) is 24.0 Å². The van der Waals surface area contributed by atoms with Crippen molar-refractivity contribution < 1.29 is 22.7 Å². The topological polar surface area (TPSA) is 96.0 Å². The third-order valence-corrected chi connectivity index (χ3v) is 9.87. The molecule has 8 nitrogen and oxygen atoms in total. The quantitative estimate of drug-likeness (QED) is 0.145. The number of rotatable bonds is 15. The van der Waals surface area contributed by atoms with E-state index in [-0.39, 0.29) is 35.4 Å². The monoisotopic (exact) mass is 695 g/mol. The smallest absolute Gasteiger partial charge is 0.264 e. The average molecular weight is 697 g/mol. The molecule has 0 aliphatic heterocycles. The summed E-state index contributed by atoms with van der Waals surface area (Å²) in [6.45, 7) is 6.06. The maximum atomic E-state index is 14.6. The number of hydrogen-bond donors (Lipinski definition) is 1. The van der Waals surface area contributed by atoms with Gasteiger partial charge in [-0.15, -0.1) is 0 Å². The summed E-state index contributed by atoms with van der Waals surface area (Å²) in [6.07, 6.45) is 0.201. The fraction of sp³-hybridized carbons (Fsp3) is 0.278. The number of nitrogens with zero attached hydrogens (tertiary/aromatic N) is 2. The molecule has 0 unspecified atom stereocenters. The number of halogens is 2. The Labute approximate surface area is 287 Å². The van der Waals surface area contributed by atoms with Crippen LogP contribution in [0.4, 0.5) is 5.69 Å². The number of hydrogen-bond acceptors (Lipinski definition) is 5. The lowest BCUT2D eigenvalue weighted by atomic mass is 10.0. The van der Waals surface area contributed by atoms with Gasteiger partial charge in [0, 0.05) is 19.5 Å². The first-order valence-corrected chi connectivity index (χ1v) is 17.5. The molecule has 47 heavy (non-hydrogen) atoms. The van der Waals surface area contributed by atoms with E-state index in [0.717, 1.165) is 9.87 Å². The highest BCUT2D eigenvalue weighted by Gasteiger charge is 2.34. The lowest BCUT2D eigenvalue weighted by molar-refractivity contribution is -0.140. The van der Waals surface area contributed by atoms with Crippen molar-refractivity contribution in [3.05, 3.63) is 124 Å². The van der Waals surface area contributed by atoms with Gasteiger partial charge in [0.15, 0.2) is 0 Å². The summed E-state index contributed by atoms with van der Waals surface area (Å²) in [5.41, 5.74) is 1.73. The van der Waals surface area contributed by atoms with E-state index >= 15 is 0 Å². The third kappa shape index (κ3) is 9.73. The van der Waals surface area contributed by atoms with Gasteiger partial charge in [0.2, 0.25) is 11.8 Å². The Kier molecular flexibility index (Phi) is 12.7. The molecule has 1 N–H and O–H groups in total. The van der Waals surface area contributed by atoms with Crippen molar-refractivity contribution in [1.82, 2.24) is 10.2 Å². The SMILES string of the molecule is CCOc1ccc(N(CC(=O)N(Cc2ccc(Cl)c(Cl)c2)[C@H](Cc2ccccc2)C(=O)NCC(C)C)S(=O)(=O)c2ccccc2)cc1. The second-order valence-corrected chi connectivity index (χ2v) is 14.0. The maximum absolute atomic E-state index is 14.6. The number of benzene rings is 4. The van der Waals surface area contributed by atoms with Crippen LogP contribution in [0, 0.1) is 5.92 Å². The summed E-state index contributed by atoms with van der Waals surface area (Å²) >= 11 is 12.5. The summed E-state index contributed by atoms with van der Waals surface area (Å²) in [4.78, 5) is 29.9. The summed E-state index contributed by atoms with van der Waals surface area (Å²) < 4.78 is 34.9. The summed E-state index contributed by atoms with van der Waals surface area (Å²) in [5, 5.41) is 3.62. The molecule has 0 aromatic heterocycles. The van der Waals surface area contributed by atoms with Crippen LogP contribution in [0.15, 0.2) is 108 Å². The van der Waals surface area contributed by atoms with Gasteiger partial charge in [-0.2, -0.15) is 0 Å². The van der Waals surface area contributed by atoms with Crippen molar-refractivity contribution in [2.45, 2.75) is 44.7 Å². The van der Waals surface area contributed by atoms with Gasteiger partial charge in [0.05, 0.1) is 27.2 Å². The van der Waals surface area contributed by atoms with Gasteiger partial charge in [-0.25, -0.2) is 8.42 Å². The van der Waals surface area contributed by atoms with Gasteiger partial charge < -0.3 is 15.0 Å². The number of carbonyl (C=O) groups excluding carboxylic acids is 2. The lowest BCUT2D eigenvalue weighted by Gasteiger charge is -2.34. The largest absolute Gasteiger partial charge is 0.494 e. The Morgan fingerprint density at radius 1 is 0.830 bits per heavy atom. The first-order chi connectivity index (χ1) is 22.5. The number of ether oxygens (including phenoxy) is 1. The predicted octanol–water partition coefficient (Wildman–Crippen LogP) is 7.00. The molecule has 0 fully saturated rings. The minimum Gasteiger partial charge on any atom is -0.494 e. The highest BCUT2D eigenvalue weighted by Crippen LogP contribution is 2.28. The van der Waals surface area contributed by atoms with Crippen LogP contribution in [0.3, 0.4) is 0 Å². The van der Waals surface area contributed by atoms with Gasteiger partial charge in [-0.1, -0.05) is 91.6 Å². The second kappa shape index (κ2) is 16.7. The normalized spacial score (nSPS) is 12.0. The van der Waals surface area contributed by atoms with Crippen LogP contribution < -0.4 is 14.4 Å². The van der Waals surface area contributed by atoms with Crippen molar-refractivity contribution >= 4 is 50.7 Å². The van der Waals surface area contributed by atoms with Gasteiger partial charge in [0.1, 0.15) is 18.3 Å². The Bertz CT molecular complexity index is 1740. The highest BCUT2D eigenvalue weighted by atomic mass is 35.5. The van der Waals surface area contributed by atoms with Crippen molar-refractivity contribution in [3.63, 3.8) is 0 Å². The third-order valence-electron chi connectivity index (χ3n) is 7.34. The fourth-order valence-corrected chi connectivity index (χ4v) is 6.69. The van der Waals surface area contributed by atoms with E-state index in [9.17, 15) is 18.0 Å². The molecule has 4 aromatic carbocycles. The average Bonchev–Trinajstić information content (AvgIpc) is 3.07. The Hall–Kier alpha value is -4.05. The van der Waals surface area contributed by atoms with Crippen molar-refractivity contribution in [1.29, 1.82) is 0 Å². The van der Waals surface area contributed by atoms with Crippen LogP contribution in [-0.4, -0.2) is 50.9 Å². The van der Waals surface area contributed by atoms with E-state index in [1.807, 2.05) is 51.1 Å². The molecule has 248 valence electrons. The van der Waals surface area contributed by atoms with Crippen LogP contribution >= 0.6 is 23.2 Å². The minimum atomic E-state index is -4.21. The van der Waals surface area contributed by atoms with E-state index in [4.69, 9.17) is 27.9 Å². The molecule has 0 heterocycles. The number of nitrogens with one attached hydrogen (secondary N) is 1. The van der Waals surface area contributed by atoms with Crippen LogP contribution in [-0.2, 0) is 32.6 Å². The predicted molar refractivity (Wildman–Crippen MR) is 187 cm³/mol. The minimum absolute atomic E-state index is 0.0215. The number of carbonyl (C=O) groups is 2. The van der Waals surface area contributed by atoms with Crippen molar-refractivity contribution in [3.8, 4) is 5.75 Å². The van der Waals surface area contributed by atoms with Crippen molar-refractivity contribution in [2.24, 2.45) is 5.92 Å². The molecule has 0 spiro atoms. The molecule has 4 aromatic rings. The molecule has 0 radical (unpaired) electrons. The molecule has 2 amide bonds. The zero-order valence-electron chi connectivity index (χ0n) is 26.6. The van der Waals surface area contributed by atoms with Crippen LogP contribution in [0.2, 0.25) is 10.0 Å². The molecule has 11 heteroatoms. The first-order valence-electron chi connectivity index (χ1n) is 15.3. The molecule has 1 atom stereocenters. The number of sulfonamides is 1. The van der Waals surface area contributed by atoms with E-state index in [1.165, 1.54) is 17.0 Å². The molecule has 4 rings (SSSR count). The molecule has 0 bridgehead atoms. The Morgan fingerprint density at radius 2 is 1.47 bits per heavy atom. The zero-order chi connectivity index (χ0) is 34.0. The number of amides is 2. The lowest BCUT2D eigenvalue weighted by Crippen LogP contribution is -2.53. The van der Waals surface area contributed by atoms with E-state index in [2.05, 4.69) is 5.32 Å². The van der Waals surface area contributed by atoms with Crippen LogP contribution in [0.25, 0.3) is 0 Å². The summed E-state index contributed by atoms with van der Waals surface area (Å²) in [5.74, 6) is -0.202. The van der Waals surface area contributed by atoms with Gasteiger partial charge in [0.25, 0.3) is 10.0 Å². The van der Waals surface area contributed by atoms with Gasteiger partial charge >= 0.3 is 0 Å². The molecule has 0 aliphatic carbocycles. The van der Waals surface area contributed by atoms with E-state index in [0.29, 0.717) is 34.5 Å². The van der Waals surface area contributed by atoms with Crippen LogP contribution in [0.1, 0.15) is 31.9 Å². The molecule has 0 saturated heterocycles. The zero-order valence-corrected chi connectivity index (χ0v) is 28.9. The molecular formula is C36H39Cl2N3O5S. The highest BCUT2D eigenvalue weighted by molar-refractivity contribution is 7.92. The molecule has 0 aliphatic rings. The van der Waals surface area contributed by atoms with Crippen LogP contribution in [0.5, 0.6) is 5.75 Å². The number of anilines is 1. The second-order valence-electron chi connectivity index (χ2n) is 11.4. The molecular weight excluding hydrogens is 657 g/mol. The van der Waals surface area contributed by atoms with E-state index < -0.39 is 28.5 Å². The standard InChI is InChI=1S/C36H39Cl2N3O5S/c1-4-46-30-18-16-29(17-19-30)41(47(44,45)31-13-9-6-10-14-31)25-35(42)40(24-28-15-20-32(37)33(38)21-28)34(36(43)39-23-26(2)3)22-27-11-7-5-8-12-27/h5-21,26,34H,4,22-25H2,1-3H3,(H,39,43)/t34-/m1/s1.